The van der Waals surface area contributed by atoms with Crippen molar-refractivity contribution in [2.24, 2.45) is 5.92 Å². The van der Waals surface area contributed by atoms with Gasteiger partial charge in [-0.1, -0.05) is 26.2 Å². The van der Waals surface area contributed by atoms with Gasteiger partial charge in [0.1, 0.15) is 0 Å². The van der Waals surface area contributed by atoms with Crippen LogP contribution in [0.5, 0.6) is 0 Å². The summed E-state index contributed by atoms with van der Waals surface area (Å²) in [6.45, 7) is 3.48. The lowest BCUT2D eigenvalue weighted by atomic mass is 10.1. The molecule has 1 N–H and O–H groups in total. The van der Waals surface area contributed by atoms with Crippen LogP contribution >= 0.6 is 0 Å². The number of amides is 2. The molecule has 102 valence electrons. The number of likely N-dealkylation sites (tertiary alicyclic amines) is 1. The monoisotopic (exact) mass is 252 g/mol. The first kappa shape index (κ1) is 13.4. The van der Waals surface area contributed by atoms with Crippen LogP contribution in [0.25, 0.3) is 0 Å². The number of unbranched alkanes of at least 4 members (excludes halogenated alkanes) is 1. The van der Waals surface area contributed by atoms with E-state index in [0.29, 0.717) is 19.0 Å². The lowest BCUT2D eigenvalue weighted by molar-refractivity contribution is -0.130. The number of carbonyl (C=O) groups excluding carboxylic acids is 2. The minimum Gasteiger partial charge on any atom is -0.356 e. The number of nitrogens with zero attached hydrogens (tertiary/aromatic N) is 1. The summed E-state index contributed by atoms with van der Waals surface area (Å²) < 4.78 is 0. The Morgan fingerprint density at radius 2 is 2.11 bits per heavy atom. The van der Waals surface area contributed by atoms with Crippen LogP contribution < -0.4 is 5.32 Å². The molecule has 1 aliphatic carbocycles. The SMILES string of the molecule is CCCCNC(=O)[C@H]1CC(=O)N(C2CCCC2)C1. The van der Waals surface area contributed by atoms with Crippen LogP contribution in [0.1, 0.15) is 51.9 Å². The second kappa shape index (κ2) is 6.21. The van der Waals surface area contributed by atoms with Crippen molar-refractivity contribution in [1.82, 2.24) is 10.2 Å². The predicted molar refractivity (Wildman–Crippen MR) is 70.0 cm³/mol. The van der Waals surface area contributed by atoms with E-state index in [0.717, 1.165) is 32.2 Å². The fourth-order valence-electron chi connectivity index (χ4n) is 3.01. The molecule has 0 aromatic rings. The lowest BCUT2D eigenvalue weighted by Gasteiger charge is -2.23. The van der Waals surface area contributed by atoms with Crippen molar-refractivity contribution in [3.63, 3.8) is 0 Å². The number of hydrogen-bond donors (Lipinski definition) is 1. The van der Waals surface area contributed by atoms with E-state index in [1.807, 2.05) is 4.90 Å². The minimum atomic E-state index is -0.116. The molecule has 1 aliphatic heterocycles. The highest BCUT2D eigenvalue weighted by molar-refractivity contribution is 5.89. The molecule has 1 saturated carbocycles. The van der Waals surface area contributed by atoms with E-state index >= 15 is 0 Å². The molecule has 4 heteroatoms. The van der Waals surface area contributed by atoms with Gasteiger partial charge in [-0.25, -0.2) is 0 Å². The topological polar surface area (TPSA) is 49.4 Å². The summed E-state index contributed by atoms with van der Waals surface area (Å²) in [5.74, 6) is 0.129. The predicted octanol–water partition coefficient (Wildman–Crippen LogP) is 1.69. The third-order valence-electron chi connectivity index (χ3n) is 4.12. The molecule has 1 atom stereocenters. The second-order valence-corrected chi connectivity index (χ2v) is 5.53. The summed E-state index contributed by atoms with van der Waals surface area (Å²) in [5, 5.41) is 2.94. The molecule has 2 aliphatic rings. The molecule has 2 rings (SSSR count). The van der Waals surface area contributed by atoms with Gasteiger partial charge < -0.3 is 10.2 Å². The first-order valence-electron chi connectivity index (χ1n) is 7.29. The van der Waals surface area contributed by atoms with Crippen LogP contribution in [-0.2, 0) is 9.59 Å². The Kier molecular flexibility index (Phi) is 4.61. The van der Waals surface area contributed by atoms with Gasteiger partial charge in [-0.05, 0) is 19.3 Å². The molecular weight excluding hydrogens is 228 g/mol. The van der Waals surface area contributed by atoms with Gasteiger partial charge in [0, 0.05) is 25.6 Å². The number of hydrogen-bond acceptors (Lipinski definition) is 2. The fourth-order valence-corrected chi connectivity index (χ4v) is 3.01. The van der Waals surface area contributed by atoms with Gasteiger partial charge in [0.2, 0.25) is 11.8 Å². The van der Waals surface area contributed by atoms with Crippen LogP contribution in [0.4, 0.5) is 0 Å². The van der Waals surface area contributed by atoms with Gasteiger partial charge >= 0.3 is 0 Å². The molecule has 0 unspecified atom stereocenters. The second-order valence-electron chi connectivity index (χ2n) is 5.53. The zero-order chi connectivity index (χ0) is 13.0. The van der Waals surface area contributed by atoms with E-state index in [-0.39, 0.29) is 17.7 Å². The largest absolute Gasteiger partial charge is 0.356 e. The Morgan fingerprint density at radius 3 is 2.78 bits per heavy atom. The summed E-state index contributed by atoms with van der Waals surface area (Å²) in [6.07, 6.45) is 7.20. The third kappa shape index (κ3) is 3.03. The molecular formula is C14H24N2O2. The Morgan fingerprint density at radius 1 is 1.39 bits per heavy atom. The average molecular weight is 252 g/mol. The summed E-state index contributed by atoms with van der Waals surface area (Å²) in [4.78, 5) is 25.8. The van der Waals surface area contributed by atoms with Crippen molar-refractivity contribution in [2.75, 3.05) is 13.1 Å². The van der Waals surface area contributed by atoms with Gasteiger partial charge in [-0.15, -0.1) is 0 Å². The van der Waals surface area contributed by atoms with Crippen molar-refractivity contribution in [3.8, 4) is 0 Å². The average Bonchev–Trinajstić information content (AvgIpc) is 2.97. The van der Waals surface area contributed by atoms with Crippen LogP contribution in [0.15, 0.2) is 0 Å². The van der Waals surface area contributed by atoms with Crippen LogP contribution in [0, 0.1) is 5.92 Å². The Balaban J connectivity index is 1.81. The molecule has 0 aromatic carbocycles. The molecule has 0 spiro atoms. The van der Waals surface area contributed by atoms with Gasteiger partial charge in [0.25, 0.3) is 0 Å². The van der Waals surface area contributed by atoms with Gasteiger partial charge in [-0.3, -0.25) is 9.59 Å². The van der Waals surface area contributed by atoms with E-state index in [2.05, 4.69) is 12.2 Å². The summed E-state index contributed by atoms with van der Waals surface area (Å²) in [6, 6.07) is 0.408. The highest BCUT2D eigenvalue weighted by atomic mass is 16.2. The quantitative estimate of drug-likeness (QED) is 0.757. The zero-order valence-corrected chi connectivity index (χ0v) is 11.3. The Hall–Kier alpha value is -1.06. The van der Waals surface area contributed by atoms with Crippen LogP contribution in [0.2, 0.25) is 0 Å². The smallest absolute Gasteiger partial charge is 0.225 e. The van der Waals surface area contributed by atoms with Crippen molar-refractivity contribution in [2.45, 2.75) is 57.9 Å². The molecule has 2 amide bonds. The van der Waals surface area contributed by atoms with Crippen molar-refractivity contribution >= 4 is 11.8 Å². The first-order valence-corrected chi connectivity index (χ1v) is 7.29. The number of nitrogens with one attached hydrogen (secondary N) is 1. The maximum atomic E-state index is 12.0. The van der Waals surface area contributed by atoms with E-state index in [1.54, 1.807) is 0 Å². The normalized spacial score (nSPS) is 24.8. The van der Waals surface area contributed by atoms with Gasteiger partial charge in [0.05, 0.1) is 5.92 Å². The lowest BCUT2D eigenvalue weighted by Crippen LogP contribution is -2.37. The highest BCUT2D eigenvalue weighted by Gasteiger charge is 2.38. The molecule has 4 nitrogen and oxygen atoms in total. The Labute approximate surface area is 109 Å². The van der Waals surface area contributed by atoms with Gasteiger partial charge in [-0.2, -0.15) is 0 Å². The highest BCUT2D eigenvalue weighted by Crippen LogP contribution is 2.29. The molecule has 2 fully saturated rings. The number of rotatable bonds is 5. The van der Waals surface area contributed by atoms with Crippen LogP contribution in [0.3, 0.4) is 0 Å². The standard InChI is InChI=1S/C14H24N2O2/c1-2-3-8-15-14(18)11-9-13(17)16(10-11)12-6-4-5-7-12/h11-12H,2-10H2,1H3,(H,15,18)/t11-/m0/s1. The van der Waals surface area contributed by atoms with E-state index in [4.69, 9.17) is 0 Å². The van der Waals surface area contributed by atoms with Crippen LogP contribution in [-0.4, -0.2) is 35.8 Å². The van der Waals surface area contributed by atoms with Crippen molar-refractivity contribution in [1.29, 1.82) is 0 Å². The molecule has 0 radical (unpaired) electrons. The molecule has 0 aromatic heterocycles. The van der Waals surface area contributed by atoms with Gasteiger partial charge in [0.15, 0.2) is 0 Å². The molecule has 1 saturated heterocycles. The third-order valence-corrected chi connectivity index (χ3v) is 4.12. The van der Waals surface area contributed by atoms with Crippen molar-refractivity contribution < 1.29 is 9.59 Å². The Bertz CT molecular complexity index is 311. The maximum Gasteiger partial charge on any atom is 0.225 e. The van der Waals surface area contributed by atoms with E-state index in [1.165, 1.54) is 12.8 Å². The maximum absolute atomic E-state index is 12.0. The molecule has 18 heavy (non-hydrogen) atoms. The molecule has 1 heterocycles. The molecule has 0 bridgehead atoms. The summed E-state index contributed by atoms with van der Waals surface area (Å²) in [5.41, 5.74) is 0. The fraction of sp³-hybridized carbons (Fsp3) is 0.857. The summed E-state index contributed by atoms with van der Waals surface area (Å²) >= 11 is 0. The van der Waals surface area contributed by atoms with Crippen molar-refractivity contribution in [3.05, 3.63) is 0 Å². The zero-order valence-electron chi connectivity index (χ0n) is 11.3. The van der Waals surface area contributed by atoms with E-state index in [9.17, 15) is 9.59 Å². The minimum absolute atomic E-state index is 0.0669. The number of carbonyl (C=O) groups is 2. The summed E-state index contributed by atoms with van der Waals surface area (Å²) in [7, 11) is 0. The first-order chi connectivity index (χ1) is 8.72. The van der Waals surface area contributed by atoms with E-state index < -0.39 is 0 Å².